The van der Waals surface area contributed by atoms with E-state index in [1.807, 2.05) is 0 Å². The Morgan fingerprint density at radius 2 is 1.70 bits per heavy atom. The van der Waals surface area contributed by atoms with E-state index in [1.165, 1.54) is 47.9 Å². The maximum Gasteiger partial charge on any atom is 0.339 e. The number of nitro benzene ring substituents is 1. The Hall–Kier alpha value is -4.09. The predicted octanol–water partition coefficient (Wildman–Crippen LogP) is 4.93. The van der Waals surface area contributed by atoms with Gasteiger partial charge in [0.15, 0.2) is 5.75 Å². The molecule has 0 atom stereocenters. The van der Waals surface area contributed by atoms with Crippen LogP contribution in [0, 0.1) is 10.1 Å². The summed E-state index contributed by atoms with van der Waals surface area (Å²) in [4.78, 5) is 14.8. The summed E-state index contributed by atoms with van der Waals surface area (Å²) in [7, 11) is -3.98. The minimum absolute atomic E-state index is 0.00657. The molecule has 1 aromatic heterocycles. The van der Waals surface area contributed by atoms with Gasteiger partial charge in [0, 0.05) is 28.6 Å². The average Bonchev–Trinajstić information content (AvgIpc) is 3.29. The van der Waals surface area contributed by atoms with Gasteiger partial charge in [-0.15, -0.1) is 11.3 Å². The molecule has 166 valence electrons. The highest BCUT2D eigenvalue weighted by Crippen LogP contribution is 2.27. The quantitative estimate of drug-likeness (QED) is 0.164. The van der Waals surface area contributed by atoms with E-state index < -0.39 is 15.0 Å². The molecule has 4 aromatic rings. The van der Waals surface area contributed by atoms with Gasteiger partial charge in [0.25, 0.3) is 5.69 Å². The van der Waals surface area contributed by atoms with E-state index in [0.717, 1.165) is 5.56 Å². The summed E-state index contributed by atoms with van der Waals surface area (Å²) in [6, 6.07) is 20.6. The second-order valence-electron chi connectivity index (χ2n) is 6.60. The van der Waals surface area contributed by atoms with E-state index in [2.05, 4.69) is 15.5 Å². The molecule has 1 N–H and O–H groups in total. The zero-order valence-electron chi connectivity index (χ0n) is 16.9. The van der Waals surface area contributed by atoms with Crippen molar-refractivity contribution in [1.29, 1.82) is 0 Å². The third kappa shape index (κ3) is 5.40. The molecule has 0 unspecified atom stereocenters. The van der Waals surface area contributed by atoms with E-state index in [-0.39, 0.29) is 16.3 Å². The van der Waals surface area contributed by atoms with Crippen LogP contribution in [0.2, 0.25) is 0 Å². The lowest BCUT2D eigenvalue weighted by molar-refractivity contribution is -0.384. The molecular formula is C22H16N4O5S2. The third-order valence-corrected chi connectivity index (χ3v) is 6.39. The van der Waals surface area contributed by atoms with Crippen LogP contribution in [0.3, 0.4) is 0 Å². The van der Waals surface area contributed by atoms with Gasteiger partial charge in [-0.05, 0) is 36.4 Å². The molecule has 0 aliphatic carbocycles. The SMILES string of the molecule is O=[N+]([O-])c1ccc(-c2csc(N/N=C/c3ccccc3OS(=O)(=O)c3ccccc3)n2)cc1. The molecule has 0 amide bonds. The predicted molar refractivity (Wildman–Crippen MR) is 126 cm³/mol. The van der Waals surface area contributed by atoms with Crippen molar-refractivity contribution < 1.29 is 17.5 Å². The van der Waals surface area contributed by atoms with Crippen LogP contribution in [0.15, 0.2) is 94.2 Å². The maximum atomic E-state index is 12.5. The molecule has 0 aliphatic heterocycles. The van der Waals surface area contributed by atoms with E-state index in [4.69, 9.17) is 4.18 Å². The van der Waals surface area contributed by atoms with Crippen LogP contribution >= 0.6 is 11.3 Å². The minimum Gasteiger partial charge on any atom is -0.378 e. The molecule has 11 heteroatoms. The van der Waals surface area contributed by atoms with E-state index in [1.54, 1.807) is 53.9 Å². The van der Waals surface area contributed by atoms with Gasteiger partial charge in [0.05, 0.1) is 16.8 Å². The molecular weight excluding hydrogens is 464 g/mol. The highest BCUT2D eigenvalue weighted by molar-refractivity contribution is 7.87. The Morgan fingerprint density at radius 3 is 2.42 bits per heavy atom. The van der Waals surface area contributed by atoms with E-state index >= 15 is 0 Å². The molecule has 3 aromatic carbocycles. The van der Waals surface area contributed by atoms with Gasteiger partial charge in [-0.2, -0.15) is 13.5 Å². The molecule has 4 rings (SSSR count). The Balaban J connectivity index is 1.46. The number of non-ortho nitro benzene ring substituents is 1. The van der Waals surface area contributed by atoms with Crippen LogP contribution in [-0.2, 0) is 10.1 Å². The number of benzene rings is 3. The van der Waals surface area contributed by atoms with Crippen molar-refractivity contribution in [2.24, 2.45) is 5.10 Å². The molecule has 0 radical (unpaired) electrons. The van der Waals surface area contributed by atoms with Crippen LogP contribution in [0.5, 0.6) is 5.75 Å². The number of thiazole rings is 1. The van der Waals surface area contributed by atoms with Gasteiger partial charge in [-0.25, -0.2) is 4.98 Å². The number of aromatic nitrogens is 1. The van der Waals surface area contributed by atoms with E-state index in [0.29, 0.717) is 16.4 Å². The molecule has 0 aliphatic rings. The third-order valence-electron chi connectivity index (χ3n) is 4.39. The Bertz CT molecular complexity index is 1400. The van der Waals surface area contributed by atoms with Crippen molar-refractivity contribution in [2.45, 2.75) is 4.90 Å². The number of anilines is 1. The summed E-state index contributed by atoms with van der Waals surface area (Å²) in [5, 5.41) is 17.2. The first kappa shape index (κ1) is 22.1. The van der Waals surface area contributed by atoms with Crippen LogP contribution in [0.1, 0.15) is 5.56 Å². The first-order valence-corrected chi connectivity index (χ1v) is 11.8. The van der Waals surface area contributed by atoms with Gasteiger partial charge >= 0.3 is 10.1 Å². The number of hydrogen-bond donors (Lipinski definition) is 1. The van der Waals surface area contributed by atoms with Gasteiger partial charge in [-0.1, -0.05) is 30.3 Å². The number of nitro groups is 1. The second-order valence-corrected chi connectivity index (χ2v) is 9.00. The van der Waals surface area contributed by atoms with Gasteiger partial charge < -0.3 is 4.18 Å². The van der Waals surface area contributed by atoms with E-state index in [9.17, 15) is 18.5 Å². The molecule has 33 heavy (non-hydrogen) atoms. The minimum atomic E-state index is -3.98. The Kier molecular flexibility index (Phi) is 6.43. The number of nitrogens with zero attached hydrogens (tertiary/aromatic N) is 3. The Morgan fingerprint density at radius 1 is 1.00 bits per heavy atom. The molecule has 0 saturated carbocycles. The lowest BCUT2D eigenvalue weighted by Crippen LogP contribution is -2.10. The smallest absolute Gasteiger partial charge is 0.339 e. The molecule has 9 nitrogen and oxygen atoms in total. The fourth-order valence-corrected chi connectivity index (χ4v) is 4.43. The van der Waals surface area contributed by atoms with Crippen molar-refractivity contribution in [2.75, 3.05) is 5.43 Å². The summed E-state index contributed by atoms with van der Waals surface area (Å²) in [5.41, 5.74) is 4.64. The molecule has 0 saturated heterocycles. The van der Waals surface area contributed by atoms with Crippen LogP contribution in [0.25, 0.3) is 11.3 Å². The number of hydrazone groups is 1. The van der Waals surface area contributed by atoms with Gasteiger partial charge in [0.1, 0.15) is 4.90 Å². The van der Waals surface area contributed by atoms with Gasteiger partial charge in [-0.3, -0.25) is 15.5 Å². The first-order chi connectivity index (χ1) is 15.9. The van der Waals surface area contributed by atoms with Crippen LogP contribution in [-0.4, -0.2) is 24.5 Å². The number of hydrogen-bond acceptors (Lipinski definition) is 9. The molecule has 1 heterocycles. The van der Waals surface area contributed by atoms with Crippen LogP contribution < -0.4 is 9.61 Å². The molecule has 0 bridgehead atoms. The summed E-state index contributed by atoms with van der Waals surface area (Å²) in [6.45, 7) is 0. The summed E-state index contributed by atoms with van der Waals surface area (Å²) in [5.74, 6) is 0.137. The first-order valence-electron chi connectivity index (χ1n) is 9.50. The number of para-hydroxylation sites is 1. The average molecular weight is 481 g/mol. The lowest BCUT2D eigenvalue weighted by atomic mass is 10.1. The van der Waals surface area contributed by atoms with Crippen molar-refractivity contribution in [3.63, 3.8) is 0 Å². The summed E-state index contributed by atoms with van der Waals surface area (Å²) in [6.07, 6.45) is 1.43. The van der Waals surface area contributed by atoms with Crippen LogP contribution in [0.4, 0.5) is 10.8 Å². The largest absolute Gasteiger partial charge is 0.378 e. The number of nitrogens with one attached hydrogen (secondary N) is 1. The number of rotatable bonds is 8. The lowest BCUT2D eigenvalue weighted by Gasteiger charge is -2.09. The monoisotopic (exact) mass is 480 g/mol. The highest BCUT2D eigenvalue weighted by Gasteiger charge is 2.17. The normalized spacial score (nSPS) is 11.4. The zero-order chi connectivity index (χ0) is 23.3. The van der Waals surface area contributed by atoms with Crippen molar-refractivity contribution >= 4 is 38.5 Å². The molecule has 0 spiro atoms. The summed E-state index contributed by atoms with van der Waals surface area (Å²) >= 11 is 1.30. The van der Waals surface area contributed by atoms with Crippen molar-refractivity contribution in [1.82, 2.24) is 4.98 Å². The zero-order valence-corrected chi connectivity index (χ0v) is 18.5. The second kappa shape index (κ2) is 9.59. The summed E-state index contributed by atoms with van der Waals surface area (Å²) < 4.78 is 30.3. The van der Waals surface area contributed by atoms with Crippen molar-refractivity contribution in [3.05, 3.63) is 99.9 Å². The Labute approximate surface area is 193 Å². The highest BCUT2D eigenvalue weighted by atomic mass is 32.2. The van der Waals surface area contributed by atoms with Crippen molar-refractivity contribution in [3.8, 4) is 17.0 Å². The maximum absolute atomic E-state index is 12.5. The topological polar surface area (TPSA) is 124 Å². The fourth-order valence-electron chi connectivity index (χ4n) is 2.79. The standard InChI is InChI=1S/C22H16N4O5S2/c27-26(28)18-12-10-16(11-13-18)20-15-32-22(24-20)25-23-14-17-6-4-5-9-21(17)31-33(29,30)19-7-2-1-3-8-19/h1-15H,(H,24,25)/b23-14+. The van der Waals surface area contributed by atoms with Gasteiger partial charge in [0.2, 0.25) is 5.13 Å². The molecule has 0 fully saturated rings. The fraction of sp³-hybridized carbons (Fsp3) is 0.